The second kappa shape index (κ2) is 10.6. The van der Waals surface area contributed by atoms with Crippen LogP contribution in [0, 0.1) is 7.14 Å². The van der Waals surface area contributed by atoms with E-state index in [0.29, 0.717) is 6.61 Å². The number of hydrogen-bond donors (Lipinski definition) is 0. The summed E-state index contributed by atoms with van der Waals surface area (Å²) in [6, 6.07) is 22.4. The Morgan fingerprint density at radius 2 is 1.18 bits per heavy atom. The summed E-state index contributed by atoms with van der Waals surface area (Å²) in [5.41, 5.74) is 6.77. The maximum atomic E-state index is 5.71. The molecule has 3 heteroatoms. The minimum absolute atomic E-state index is 0.696. The molecule has 3 aromatic rings. The molecule has 0 unspecified atom stereocenters. The lowest BCUT2D eigenvalue weighted by Crippen LogP contribution is -1.97. The molecule has 0 spiro atoms. The lowest BCUT2D eigenvalue weighted by molar-refractivity contribution is 0.337. The van der Waals surface area contributed by atoms with Crippen LogP contribution in [0.25, 0.3) is 11.1 Å². The smallest absolute Gasteiger partial charge is 0.133 e. The van der Waals surface area contributed by atoms with Gasteiger partial charge in [-0.05, 0) is 111 Å². The molecule has 28 heavy (non-hydrogen) atoms. The standard InChI is InChI=1S/C25H26I2O/c1-3-5-18-6-8-19(9-7-18)10-11-20-12-14-21(15-13-20)22-16-17-23(28-4-2)25(27)24(22)26/h6-9,12-17H,3-5,10-11H2,1-2H3. The van der Waals surface area contributed by atoms with Gasteiger partial charge in [-0.15, -0.1) is 0 Å². The molecule has 0 fully saturated rings. The fourth-order valence-corrected chi connectivity index (χ4v) is 4.71. The van der Waals surface area contributed by atoms with Crippen molar-refractivity contribution in [3.63, 3.8) is 0 Å². The first-order chi connectivity index (χ1) is 13.6. The maximum absolute atomic E-state index is 5.71. The molecule has 3 aromatic carbocycles. The Hall–Kier alpha value is -1.08. The van der Waals surface area contributed by atoms with Crippen molar-refractivity contribution >= 4 is 45.2 Å². The van der Waals surface area contributed by atoms with Crippen molar-refractivity contribution in [2.75, 3.05) is 6.61 Å². The molecule has 0 aliphatic rings. The minimum Gasteiger partial charge on any atom is -0.493 e. The van der Waals surface area contributed by atoms with Crippen LogP contribution in [0.1, 0.15) is 37.0 Å². The van der Waals surface area contributed by atoms with Crippen LogP contribution in [-0.2, 0) is 19.3 Å². The van der Waals surface area contributed by atoms with E-state index in [1.54, 1.807) is 0 Å². The van der Waals surface area contributed by atoms with Crippen LogP contribution in [0.15, 0.2) is 60.7 Å². The molecule has 0 saturated carbocycles. The van der Waals surface area contributed by atoms with Crippen molar-refractivity contribution in [2.24, 2.45) is 0 Å². The predicted molar refractivity (Wildman–Crippen MR) is 136 cm³/mol. The Morgan fingerprint density at radius 3 is 1.71 bits per heavy atom. The summed E-state index contributed by atoms with van der Waals surface area (Å²) >= 11 is 4.81. The molecule has 0 aliphatic carbocycles. The van der Waals surface area contributed by atoms with E-state index >= 15 is 0 Å². The van der Waals surface area contributed by atoms with Gasteiger partial charge in [-0.1, -0.05) is 61.9 Å². The molecule has 0 radical (unpaired) electrons. The molecule has 0 bridgehead atoms. The molecule has 0 heterocycles. The van der Waals surface area contributed by atoms with Crippen molar-refractivity contribution in [1.82, 2.24) is 0 Å². The fourth-order valence-electron chi connectivity index (χ4n) is 3.32. The van der Waals surface area contributed by atoms with Crippen molar-refractivity contribution < 1.29 is 4.74 Å². The zero-order chi connectivity index (χ0) is 19.9. The number of benzene rings is 3. The second-order valence-electron chi connectivity index (χ2n) is 6.94. The van der Waals surface area contributed by atoms with Crippen LogP contribution in [0.3, 0.4) is 0 Å². The Kier molecular flexibility index (Phi) is 8.21. The van der Waals surface area contributed by atoms with E-state index in [4.69, 9.17) is 4.74 Å². The van der Waals surface area contributed by atoms with E-state index in [2.05, 4.69) is 113 Å². The van der Waals surface area contributed by atoms with Gasteiger partial charge >= 0.3 is 0 Å². The molecule has 146 valence electrons. The minimum atomic E-state index is 0.696. The molecule has 0 amide bonds. The largest absolute Gasteiger partial charge is 0.493 e. The molecule has 0 saturated heterocycles. The third kappa shape index (κ3) is 5.50. The molecule has 3 rings (SSSR count). The van der Waals surface area contributed by atoms with Gasteiger partial charge in [0.15, 0.2) is 0 Å². The Balaban J connectivity index is 1.67. The fraction of sp³-hybridized carbons (Fsp3) is 0.280. The Bertz CT molecular complexity index is 899. The van der Waals surface area contributed by atoms with Crippen LogP contribution in [-0.4, -0.2) is 6.61 Å². The zero-order valence-electron chi connectivity index (χ0n) is 16.5. The Labute approximate surface area is 196 Å². The van der Waals surface area contributed by atoms with Crippen molar-refractivity contribution in [1.29, 1.82) is 0 Å². The number of halogens is 2. The van der Waals surface area contributed by atoms with E-state index in [-0.39, 0.29) is 0 Å². The van der Waals surface area contributed by atoms with Crippen molar-refractivity contribution in [3.8, 4) is 16.9 Å². The predicted octanol–water partition coefficient (Wildman–Crippen LogP) is 7.70. The SMILES string of the molecule is CCCc1ccc(CCc2ccc(-c3ccc(OCC)c(I)c3I)cc2)cc1. The highest BCUT2D eigenvalue weighted by atomic mass is 127. The molecule has 0 aromatic heterocycles. The molecule has 1 nitrogen and oxygen atoms in total. The molecule has 0 N–H and O–H groups in total. The molecule has 0 aliphatic heterocycles. The summed E-state index contributed by atoms with van der Waals surface area (Å²) < 4.78 is 8.15. The second-order valence-corrected chi connectivity index (χ2v) is 9.09. The quantitative estimate of drug-likeness (QED) is 0.242. The third-order valence-electron chi connectivity index (χ3n) is 4.88. The summed E-state index contributed by atoms with van der Waals surface area (Å²) in [6.45, 7) is 4.95. The monoisotopic (exact) mass is 596 g/mol. The summed E-state index contributed by atoms with van der Waals surface area (Å²) in [5, 5.41) is 0. The number of rotatable bonds is 8. The summed E-state index contributed by atoms with van der Waals surface area (Å²) in [7, 11) is 0. The van der Waals surface area contributed by atoms with E-state index in [1.165, 1.54) is 47.8 Å². The number of hydrogen-bond acceptors (Lipinski definition) is 1. The van der Waals surface area contributed by atoms with E-state index in [0.717, 1.165) is 18.6 Å². The Morgan fingerprint density at radius 1 is 0.643 bits per heavy atom. The van der Waals surface area contributed by atoms with Gasteiger partial charge in [0.05, 0.1) is 10.2 Å². The summed E-state index contributed by atoms with van der Waals surface area (Å²) in [5.74, 6) is 0.970. The lowest BCUT2D eigenvalue weighted by atomic mass is 9.99. The number of ether oxygens (including phenoxy) is 1. The lowest BCUT2D eigenvalue weighted by Gasteiger charge is -2.12. The van der Waals surface area contributed by atoms with E-state index in [1.807, 2.05) is 6.92 Å². The van der Waals surface area contributed by atoms with Gasteiger partial charge in [0.2, 0.25) is 0 Å². The average molecular weight is 596 g/mol. The topological polar surface area (TPSA) is 9.23 Å². The van der Waals surface area contributed by atoms with Crippen molar-refractivity contribution in [2.45, 2.75) is 39.5 Å². The van der Waals surface area contributed by atoms with Crippen LogP contribution >= 0.6 is 45.2 Å². The van der Waals surface area contributed by atoms with Gasteiger partial charge in [0.25, 0.3) is 0 Å². The molecular formula is C25H26I2O. The van der Waals surface area contributed by atoms with E-state index < -0.39 is 0 Å². The van der Waals surface area contributed by atoms with Crippen LogP contribution in [0.5, 0.6) is 5.75 Å². The van der Waals surface area contributed by atoms with Gasteiger partial charge in [0.1, 0.15) is 5.75 Å². The average Bonchev–Trinajstić information content (AvgIpc) is 2.72. The first kappa shape index (κ1) is 21.6. The van der Waals surface area contributed by atoms with E-state index in [9.17, 15) is 0 Å². The first-order valence-corrected chi connectivity index (χ1v) is 12.1. The highest BCUT2D eigenvalue weighted by Crippen LogP contribution is 2.34. The van der Waals surface area contributed by atoms with Gasteiger partial charge in [-0.2, -0.15) is 0 Å². The number of aryl methyl sites for hydroxylation is 3. The molecular weight excluding hydrogens is 570 g/mol. The first-order valence-electron chi connectivity index (χ1n) is 9.90. The van der Waals surface area contributed by atoms with Gasteiger partial charge in [-0.25, -0.2) is 0 Å². The highest BCUT2D eigenvalue weighted by Gasteiger charge is 2.11. The van der Waals surface area contributed by atoms with Crippen LogP contribution < -0.4 is 4.74 Å². The van der Waals surface area contributed by atoms with Crippen LogP contribution in [0.4, 0.5) is 0 Å². The summed E-state index contributed by atoms with van der Waals surface area (Å²) in [4.78, 5) is 0. The highest BCUT2D eigenvalue weighted by molar-refractivity contribution is 14.1. The van der Waals surface area contributed by atoms with Crippen molar-refractivity contribution in [3.05, 3.63) is 84.5 Å². The summed E-state index contributed by atoms with van der Waals surface area (Å²) in [6.07, 6.45) is 4.54. The van der Waals surface area contributed by atoms with Gasteiger partial charge < -0.3 is 4.74 Å². The van der Waals surface area contributed by atoms with Crippen LogP contribution in [0.2, 0.25) is 0 Å². The molecule has 0 atom stereocenters. The van der Waals surface area contributed by atoms with Gasteiger partial charge in [-0.3, -0.25) is 0 Å². The third-order valence-corrected chi connectivity index (χ3v) is 8.10. The zero-order valence-corrected chi connectivity index (χ0v) is 20.8. The van der Waals surface area contributed by atoms with Gasteiger partial charge in [0, 0.05) is 3.57 Å². The maximum Gasteiger partial charge on any atom is 0.133 e. The normalized spacial score (nSPS) is 10.9.